The zero-order chi connectivity index (χ0) is 22.0. The highest BCUT2D eigenvalue weighted by Gasteiger charge is 2.31. The van der Waals surface area contributed by atoms with E-state index < -0.39 is 0 Å². The lowest BCUT2D eigenvalue weighted by molar-refractivity contribution is -0.0379. The van der Waals surface area contributed by atoms with Gasteiger partial charge in [0.25, 0.3) is 0 Å². The van der Waals surface area contributed by atoms with Crippen LogP contribution in [-0.2, 0) is 29.9 Å². The third-order valence-electron chi connectivity index (χ3n) is 5.56. The molecule has 0 saturated carbocycles. The Kier molecular flexibility index (Phi) is 6.56. The van der Waals surface area contributed by atoms with Crippen LogP contribution in [-0.4, -0.2) is 21.3 Å². The van der Waals surface area contributed by atoms with Crippen molar-refractivity contribution in [2.45, 2.75) is 54.8 Å². The van der Waals surface area contributed by atoms with Crippen molar-refractivity contribution in [1.82, 2.24) is 9.97 Å². The molecule has 5 rings (SSSR count). The second kappa shape index (κ2) is 9.56. The van der Waals surface area contributed by atoms with Crippen molar-refractivity contribution in [3.05, 3.63) is 82.2 Å². The van der Waals surface area contributed by atoms with E-state index in [1.54, 1.807) is 23.1 Å². The Morgan fingerprint density at radius 3 is 2.41 bits per heavy atom. The second-order valence-electron chi connectivity index (χ2n) is 8.58. The monoisotopic (exact) mass is 478 g/mol. The van der Waals surface area contributed by atoms with Gasteiger partial charge in [0.1, 0.15) is 9.86 Å². The number of nitrogens with zero attached hydrogens (tertiary/aromatic N) is 2. The molecule has 164 valence electrons. The summed E-state index contributed by atoms with van der Waals surface area (Å²) in [4.78, 5) is 12.4. The number of aryl methyl sites for hydroxylation is 1. The predicted molar refractivity (Wildman–Crippen MR) is 137 cm³/mol. The summed E-state index contributed by atoms with van der Waals surface area (Å²) < 4.78 is 6.09. The molecule has 1 aliphatic rings. The maximum absolute atomic E-state index is 6.09. The van der Waals surface area contributed by atoms with Crippen molar-refractivity contribution in [2.24, 2.45) is 0 Å². The Morgan fingerprint density at radius 2 is 1.66 bits per heavy atom. The largest absolute Gasteiger partial charge is 0.370 e. The van der Waals surface area contributed by atoms with Crippen LogP contribution in [0.15, 0.2) is 70.8 Å². The molecule has 0 radical (unpaired) electrons. The minimum absolute atomic E-state index is 0.145. The summed E-state index contributed by atoms with van der Waals surface area (Å²) in [5.74, 6) is 1.88. The quantitative estimate of drug-likeness (QED) is 0.160. The molecule has 0 aliphatic carbocycles. The molecule has 2 aromatic carbocycles. The fraction of sp³-hybridized carbons (Fsp3) is 0.308. The van der Waals surface area contributed by atoms with Crippen LogP contribution >= 0.6 is 34.9 Å². The molecule has 6 heteroatoms. The van der Waals surface area contributed by atoms with Crippen LogP contribution in [0, 0.1) is 0 Å². The molecule has 3 heterocycles. The lowest BCUT2D eigenvalue weighted by Crippen LogP contribution is -2.31. The molecule has 2 aromatic heterocycles. The fourth-order valence-corrected chi connectivity index (χ4v) is 7.02. The number of thiophene rings is 1. The Hall–Kier alpha value is -1.86. The third-order valence-corrected chi connectivity index (χ3v) is 8.55. The van der Waals surface area contributed by atoms with Crippen molar-refractivity contribution in [3.8, 4) is 0 Å². The van der Waals surface area contributed by atoms with Gasteiger partial charge in [-0.3, -0.25) is 0 Å². The summed E-state index contributed by atoms with van der Waals surface area (Å²) in [5.41, 5.74) is 3.90. The topological polar surface area (TPSA) is 35.0 Å². The maximum atomic E-state index is 6.09. The molecule has 0 spiro atoms. The van der Waals surface area contributed by atoms with Gasteiger partial charge in [0.15, 0.2) is 5.16 Å². The highest BCUT2D eigenvalue weighted by atomic mass is 32.2. The van der Waals surface area contributed by atoms with Crippen LogP contribution < -0.4 is 0 Å². The molecule has 0 bridgehead atoms. The lowest BCUT2D eigenvalue weighted by atomic mass is 9.95. The van der Waals surface area contributed by atoms with Gasteiger partial charge < -0.3 is 4.74 Å². The Morgan fingerprint density at radius 1 is 0.938 bits per heavy atom. The number of thioether (sulfide) groups is 2. The zero-order valence-electron chi connectivity index (χ0n) is 18.3. The first-order valence-electron chi connectivity index (χ1n) is 10.9. The summed E-state index contributed by atoms with van der Waals surface area (Å²) in [6.07, 6.45) is 1.94. The first-order valence-corrected chi connectivity index (χ1v) is 13.7. The van der Waals surface area contributed by atoms with E-state index in [0.717, 1.165) is 39.4 Å². The number of benzene rings is 2. The molecule has 0 amide bonds. The first-order chi connectivity index (χ1) is 15.6. The highest BCUT2D eigenvalue weighted by molar-refractivity contribution is 7.99. The van der Waals surface area contributed by atoms with Crippen LogP contribution in [0.5, 0.6) is 0 Å². The van der Waals surface area contributed by atoms with Crippen molar-refractivity contribution in [1.29, 1.82) is 0 Å². The molecule has 0 fully saturated rings. The Labute approximate surface area is 202 Å². The summed E-state index contributed by atoms with van der Waals surface area (Å²) in [6.45, 7) is 5.02. The van der Waals surface area contributed by atoms with E-state index in [1.165, 1.54) is 27.0 Å². The summed E-state index contributed by atoms with van der Waals surface area (Å²) in [7, 11) is 0. The standard InChI is InChI=1S/C26H26N2OS3/c1-26(2)15-20-21(16-29-26)32-24-22(20)23(30-14-13-18-9-5-3-6-10-18)27-25(28-24)31-17-19-11-7-4-8-12-19/h3-12H,13-17H2,1-2H3. The zero-order valence-corrected chi connectivity index (χ0v) is 20.8. The van der Waals surface area contributed by atoms with E-state index in [0.29, 0.717) is 6.61 Å². The normalized spacial score (nSPS) is 15.1. The number of aromatic nitrogens is 2. The van der Waals surface area contributed by atoms with Gasteiger partial charge >= 0.3 is 0 Å². The highest BCUT2D eigenvalue weighted by Crippen LogP contribution is 2.42. The fourth-order valence-electron chi connectivity index (χ4n) is 3.89. The number of ether oxygens (including phenoxy) is 1. The molecule has 3 nitrogen and oxygen atoms in total. The molecule has 0 unspecified atom stereocenters. The van der Waals surface area contributed by atoms with Crippen molar-refractivity contribution in [3.63, 3.8) is 0 Å². The van der Waals surface area contributed by atoms with Crippen molar-refractivity contribution >= 4 is 45.1 Å². The molecule has 1 aliphatic heterocycles. The maximum Gasteiger partial charge on any atom is 0.190 e. The minimum Gasteiger partial charge on any atom is -0.370 e. The van der Waals surface area contributed by atoms with Crippen LogP contribution in [0.2, 0.25) is 0 Å². The Bertz CT molecular complexity index is 1210. The molecule has 0 N–H and O–H groups in total. The Balaban J connectivity index is 1.45. The van der Waals surface area contributed by atoms with E-state index in [-0.39, 0.29) is 5.60 Å². The average molecular weight is 479 g/mol. The molecule has 0 saturated heterocycles. The minimum atomic E-state index is -0.145. The van der Waals surface area contributed by atoms with Crippen LogP contribution in [0.3, 0.4) is 0 Å². The van der Waals surface area contributed by atoms with Gasteiger partial charge in [-0.05, 0) is 37.0 Å². The molecule has 4 aromatic rings. The lowest BCUT2D eigenvalue weighted by Gasteiger charge is -2.30. The van der Waals surface area contributed by atoms with E-state index in [9.17, 15) is 0 Å². The van der Waals surface area contributed by atoms with Gasteiger partial charge in [-0.2, -0.15) is 0 Å². The number of hydrogen-bond acceptors (Lipinski definition) is 6. The number of rotatable bonds is 7. The third kappa shape index (κ3) is 5.04. The first kappa shape index (κ1) is 22.0. The molecule has 0 atom stereocenters. The molecular formula is C26H26N2OS3. The number of hydrogen-bond donors (Lipinski definition) is 0. The van der Waals surface area contributed by atoms with Crippen molar-refractivity contribution in [2.75, 3.05) is 5.75 Å². The summed E-state index contributed by atoms with van der Waals surface area (Å²) in [6, 6.07) is 21.2. The second-order valence-corrected chi connectivity index (χ2v) is 11.7. The van der Waals surface area contributed by atoms with E-state index in [1.807, 2.05) is 11.8 Å². The van der Waals surface area contributed by atoms with Gasteiger partial charge in [0, 0.05) is 28.2 Å². The van der Waals surface area contributed by atoms with E-state index >= 15 is 0 Å². The van der Waals surface area contributed by atoms with Crippen molar-refractivity contribution < 1.29 is 4.74 Å². The molecule has 32 heavy (non-hydrogen) atoms. The smallest absolute Gasteiger partial charge is 0.190 e. The van der Waals surface area contributed by atoms with Gasteiger partial charge in [0.05, 0.1) is 12.2 Å². The summed E-state index contributed by atoms with van der Waals surface area (Å²) >= 11 is 5.36. The molecular weight excluding hydrogens is 453 g/mol. The van der Waals surface area contributed by atoms with Gasteiger partial charge in [-0.15, -0.1) is 23.1 Å². The van der Waals surface area contributed by atoms with Gasteiger partial charge in [-0.1, -0.05) is 72.4 Å². The van der Waals surface area contributed by atoms with Crippen LogP contribution in [0.1, 0.15) is 35.4 Å². The SMILES string of the molecule is CC1(C)Cc2c(sc3nc(SCc4ccccc4)nc(SCCc4ccccc4)c23)CO1. The van der Waals surface area contributed by atoms with E-state index in [2.05, 4.69) is 74.5 Å². The summed E-state index contributed by atoms with van der Waals surface area (Å²) in [5, 5.41) is 3.24. The van der Waals surface area contributed by atoms with Gasteiger partial charge in [0.2, 0.25) is 0 Å². The van der Waals surface area contributed by atoms with E-state index in [4.69, 9.17) is 14.7 Å². The number of fused-ring (bicyclic) bond motifs is 3. The van der Waals surface area contributed by atoms with Crippen LogP contribution in [0.25, 0.3) is 10.2 Å². The average Bonchev–Trinajstić information content (AvgIpc) is 3.16. The predicted octanol–water partition coefficient (Wildman–Crippen LogP) is 7.17. The van der Waals surface area contributed by atoms with Crippen LogP contribution in [0.4, 0.5) is 0 Å². The van der Waals surface area contributed by atoms with Gasteiger partial charge in [-0.25, -0.2) is 9.97 Å².